The van der Waals surface area contributed by atoms with Crippen LogP contribution in [0.15, 0.2) is 24.3 Å². The van der Waals surface area contributed by atoms with E-state index < -0.39 is 0 Å². The Morgan fingerprint density at radius 2 is 1.82 bits per heavy atom. The Morgan fingerprint density at radius 1 is 1.29 bits per heavy atom. The first-order valence-electron chi connectivity index (χ1n) is 6.04. The van der Waals surface area contributed by atoms with Gasteiger partial charge in [-0.2, -0.15) is 0 Å². The molecule has 92 valence electrons. The van der Waals surface area contributed by atoms with Crippen LogP contribution in [0.3, 0.4) is 0 Å². The summed E-state index contributed by atoms with van der Waals surface area (Å²) in [5, 5.41) is 0. The third-order valence-corrected chi connectivity index (χ3v) is 3.59. The number of amides is 1. The van der Waals surface area contributed by atoms with Crippen molar-refractivity contribution in [2.24, 2.45) is 5.73 Å². The number of rotatable bonds is 3. The molecule has 0 saturated heterocycles. The van der Waals surface area contributed by atoms with Crippen molar-refractivity contribution in [2.75, 3.05) is 14.1 Å². The van der Waals surface area contributed by atoms with Gasteiger partial charge in [0.2, 0.25) is 5.91 Å². The van der Waals surface area contributed by atoms with Crippen LogP contribution in [0.2, 0.25) is 0 Å². The van der Waals surface area contributed by atoms with Crippen molar-refractivity contribution < 1.29 is 4.79 Å². The van der Waals surface area contributed by atoms with Gasteiger partial charge in [0.25, 0.3) is 0 Å². The van der Waals surface area contributed by atoms with Crippen LogP contribution in [-0.4, -0.2) is 24.9 Å². The standard InChI is InChI=1S/C14H20N2O/c1-10(13(17)16(2)3)11-4-6-12(7-5-11)14(15)8-9-14/h4-7,10H,8-9,15H2,1-3H3. The Balaban J connectivity index is 2.15. The van der Waals surface area contributed by atoms with E-state index in [1.54, 1.807) is 19.0 Å². The molecule has 0 heterocycles. The van der Waals surface area contributed by atoms with Gasteiger partial charge in [0.1, 0.15) is 0 Å². The molecule has 1 fully saturated rings. The Kier molecular flexibility index (Phi) is 2.96. The lowest BCUT2D eigenvalue weighted by molar-refractivity contribution is -0.129. The van der Waals surface area contributed by atoms with Gasteiger partial charge < -0.3 is 10.6 Å². The molecule has 2 rings (SSSR count). The van der Waals surface area contributed by atoms with Crippen LogP contribution in [0.25, 0.3) is 0 Å². The van der Waals surface area contributed by atoms with Gasteiger partial charge in [-0.05, 0) is 30.9 Å². The molecule has 2 N–H and O–H groups in total. The molecular formula is C14H20N2O. The van der Waals surface area contributed by atoms with E-state index in [4.69, 9.17) is 5.73 Å². The molecule has 0 bridgehead atoms. The highest BCUT2D eigenvalue weighted by atomic mass is 16.2. The summed E-state index contributed by atoms with van der Waals surface area (Å²) in [5.74, 6) is 0.0404. The molecule has 1 atom stereocenters. The predicted molar refractivity (Wildman–Crippen MR) is 68.7 cm³/mol. The minimum absolute atomic E-state index is 0.0900. The topological polar surface area (TPSA) is 46.3 Å². The van der Waals surface area contributed by atoms with E-state index in [0.29, 0.717) is 0 Å². The fourth-order valence-corrected chi connectivity index (χ4v) is 2.06. The van der Waals surface area contributed by atoms with E-state index in [1.165, 1.54) is 5.56 Å². The molecule has 1 aromatic rings. The fourth-order valence-electron chi connectivity index (χ4n) is 2.06. The molecule has 0 aromatic heterocycles. The van der Waals surface area contributed by atoms with Gasteiger partial charge in [0.05, 0.1) is 5.92 Å². The number of nitrogens with two attached hydrogens (primary N) is 1. The molecular weight excluding hydrogens is 212 g/mol. The average molecular weight is 232 g/mol. The van der Waals surface area contributed by atoms with Gasteiger partial charge in [-0.1, -0.05) is 24.3 Å². The molecule has 1 aromatic carbocycles. The summed E-state index contributed by atoms with van der Waals surface area (Å²) < 4.78 is 0. The summed E-state index contributed by atoms with van der Waals surface area (Å²) in [6.45, 7) is 1.94. The van der Waals surface area contributed by atoms with Crippen LogP contribution in [0.4, 0.5) is 0 Å². The fraction of sp³-hybridized carbons (Fsp3) is 0.500. The highest BCUT2D eigenvalue weighted by molar-refractivity contribution is 5.82. The first-order chi connectivity index (χ1) is 7.94. The lowest BCUT2D eigenvalue weighted by atomic mass is 9.96. The molecule has 3 nitrogen and oxygen atoms in total. The zero-order valence-electron chi connectivity index (χ0n) is 10.7. The Bertz CT molecular complexity index is 418. The quantitative estimate of drug-likeness (QED) is 0.864. The van der Waals surface area contributed by atoms with E-state index >= 15 is 0 Å². The van der Waals surface area contributed by atoms with E-state index in [2.05, 4.69) is 12.1 Å². The van der Waals surface area contributed by atoms with Gasteiger partial charge in [0.15, 0.2) is 0 Å². The second kappa shape index (κ2) is 4.15. The lowest BCUT2D eigenvalue weighted by Crippen LogP contribution is -2.26. The van der Waals surface area contributed by atoms with E-state index in [0.717, 1.165) is 18.4 Å². The number of hydrogen-bond acceptors (Lipinski definition) is 2. The smallest absolute Gasteiger partial charge is 0.229 e. The van der Waals surface area contributed by atoms with Gasteiger partial charge in [-0.3, -0.25) is 4.79 Å². The molecule has 1 saturated carbocycles. The number of hydrogen-bond donors (Lipinski definition) is 1. The van der Waals surface area contributed by atoms with Crippen molar-refractivity contribution in [1.82, 2.24) is 4.90 Å². The first kappa shape index (κ1) is 12.1. The zero-order chi connectivity index (χ0) is 12.6. The van der Waals surface area contributed by atoms with E-state index in [9.17, 15) is 4.79 Å². The summed E-state index contributed by atoms with van der Waals surface area (Å²) in [7, 11) is 3.57. The first-order valence-corrected chi connectivity index (χ1v) is 6.04. The maximum absolute atomic E-state index is 11.8. The molecule has 1 unspecified atom stereocenters. The molecule has 1 aliphatic rings. The Hall–Kier alpha value is -1.35. The van der Waals surface area contributed by atoms with Crippen LogP contribution in [0, 0.1) is 0 Å². The zero-order valence-corrected chi connectivity index (χ0v) is 10.7. The molecule has 0 aliphatic heterocycles. The monoisotopic (exact) mass is 232 g/mol. The van der Waals surface area contributed by atoms with Crippen molar-refractivity contribution in [1.29, 1.82) is 0 Å². The van der Waals surface area contributed by atoms with Crippen molar-refractivity contribution in [2.45, 2.75) is 31.2 Å². The maximum atomic E-state index is 11.8. The molecule has 1 aliphatic carbocycles. The number of likely N-dealkylation sites (N-methyl/N-ethyl adjacent to an activating group) is 1. The second-order valence-corrected chi connectivity index (χ2v) is 5.23. The van der Waals surface area contributed by atoms with Crippen LogP contribution in [0.5, 0.6) is 0 Å². The third-order valence-electron chi connectivity index (χ3n) is 3.59. The largest absolute Gasteiger partial charge is 0.348 e. The number of nitrogens with zero attached hydrogens (tertiary/aromatic N) is 1. The Labute approximate surface area is 103 Å². The summed E-state index contributed by atoms with van der Waals surface area (Å²) in [5.41, 5.74) is 8.28. The van der Waals surface area contributed by atoms with Crippen molar-refractivity contribution in [3.63, 3.8) is 0 Å². The summed E-state index contributed by atoms with van der Waals surface area (Å²) in [6, 6.07) is 8.16. The summed E-state index contributed by atoms with van der Waals surface area (Å²) in [4.78, 5) is 13.5. The number of benzene rings is 1. The number of carbonyl (C=O) groups is 1. The third kappa shape index (κ3) is 2.34. The van der Waals surface area contributed by atoms with Gasteiger partial charge in [-0.25, -0.2) is 0 Å². The highest BCUT2D eigenvalue weighted by Gasteiger charge is 2.39. The van der Waals surface area contributed by atoms with Crippen molar-refractivity contribution >= 4 is 5.91 Å². The van der Waals surface area contributed by atoms with Crippen molar-refractivity contribution in [3.8, 4) is 0 Å². The van der Waals surface area contributed by atoms with Gasteiger partial charge in [-0.15, -0.1) is 0 Å². The summed E-state index contributed by atoms with van der Waals surface area (Å²) in [6.07, 6.45) is 2.14. The predicted octanol–water partition coefficient (Wildman–Crippen LogP) is 1.83. The molecule has 0 spiro atoms. The average Bonchev–Trinajstić information content (AvgIpc) is 3.07. The summed E-state index contributed by atoms with van der Waals surface area (Å²) >= 11 is 0. The normalized spacial score (nSPS) is 18.6. The lowest BCUT2D eigenvalue weighted by Gasteiger charge is -2.18. The minimum Gasteiger partial charge on any atom is -0.348 e. The van der Waals surface area contributed by atoms with Crippen LogP contribution in [0.1, 0.15) is 36.8 Å². The van der Waals surface area contributed by atoms with Gasteiger partial charge in [0, 0.05) is 19.6 Å². The van der Waals surface area contributed by atoms with E-state index in [-0.39, 0.29) is 17.4 Å². The van der Waals surface area contributed by atoms with Crippen LogP contribution < -0.4 is 5.73 Å². The van der Waals surface area contributed by atoms with Crippen molar-refractivity contribution in [3.05, 3.63) is 35.4 Å². The molecule has 17 heavy (non-hydrogen) atoms. The molecule has 3 heteroatoms. The van der Waals surface area contributed by atoms with E-state index in [1.807, 2.05) is 19.1 Å². The van der Waals surface area contributed by atoms with Crippen LogP contribution in [-0.2, 0) is 10.3 Å². The Morgan fingerprint density at radius 3 is 2.24 bits per heavy atom. The molecule has 0 radical (unpaired) electrons. The van der Waals surface area contributed by atoms with Crippen LogP contribution >= 0.6 is 0 Å². The molecule has 1 amide bonds. The highest BCUT2D eigenvalue weighted by Crippen LogP contribution is 2.42. The number of carbonyl (C=O) groups excluding carboxylic acids is 1. The second-order valence-electron chi connectivity index (χ2n) is 5.23. The SMILES string of the molecule is CC(C(=O)N(C)C)c1ccc(C2(N)CC2)cc1. The van der Waals surface area contributed by atoms with Gasteiger partial charge >= 0.3 is 0 Å². The maximum Gasteiger partial charge on any atom is 0.229 e. The minimum atomic E-state index is -0.0908.